The van der Waals surface area contributed by atoms with Gasteiger partial charge in [0.15, 0.2) is 5.69 Å². The predicted octanol–water partition coefficient (Wildman–Crippen LogP) is 2.60. The summed E-state index contributed by atoms with van der Waals surface area (Å²) in [5.41, 5.74) is -0.898. The van der Waals surface area contributed by atoms with Crippen LogP contribution in [0.4, 0.5) is 13.2 Å². The molecule has 0 aliphatic heterocycles. The number of hydrogen-bond acceptors (Lipinski definition) is 4. The number of benzene rings is 1. The van der Waals surface area contributed by atoms with Crippen molar-refractivity contribution < 1.29 is 21.6 Å². The molecule has 0 saturated heterocycles. The first-order valence-corrected chi connectivity index (χ1v) is 8.42. The highest BCUT2D eigenvalue weighted by molar-refractivity contribution is 7.89. The topological polar surface area (TPSA) is 90.9 Å². The van der Waals surface area contributed by atoms with Gasteiger partial charge in [-0.15, -0.1) is 0 Å². The van der Waals surface area contributed by atoms with Crippen LogP contribution in [0.3, 0.4) is 0 Å². The molecule has 0 radical (unpaired) electrons. The molecule has 25 heavy (non-hydrogen) atoms. The summed E-state index contributed by atoms with van der Waals surface area (Å²) in [7, 11) is -4.15. The van der Waals surface area contributed by atoms with Gasteiger partial charge in [-0.2, -0.15) is 13.2 Å². The molecule has 2 aromatic heterocycles. The van der Waals surface area contributed by atoms with Gasteiger partial charge in [0.1, 0.15) is 10.7 Å². The fourth-order valence-electron chi connectivity index (χ4n) is 2.30. The number of imidazole rings is 1. The molecule has 0 fully saturated rings. The third-order valence-electron chi connectivity index (χ3n) is 3.35. The Bertz CT molecular complexity index is 1010. The van der Waals surface area contributed by atoms with Crippen LogP contribution >= 0.6 is 0 Å². The van der Waals surface area contributed by atoms with Crippen LogP contribution in [0.1, 0.15) is 5.69 Å². The lowest BCUT2D eigenvalue weighted by Gasteiger charge is -2.11. The molecule has 0 atom stereocenters. The van der Waals surface area contributed by atoms with E-state index < -0.39 is 21.9 Å². The lowest BCUT2D eigenvalue weighted by atomic mass is 10.2. The van der Waals surface area contributed by atoms with Gasteiger partial charge in [0.2, 0.25) is 10.0 Å². The Labute approximate surface area is 140 Å². The summed E-state index contributed by atoms with van der Waals surface area (Å²) in [4.78, 5) is 7.16. The first-order valence-electron chi connectivity index (χ1n) is 6.87. The van der Waals surface area contributed by atoms with Crippen LogP contribution in [-0.2, 0) is 16.2 Å². The Kier molecular flexibility index (Phi) is 4.09. The third kappa shape index (κ3) is 3.39. The van der Waals surface area contributed by atoms with Crippen molar-refractivity contribution in [3.8, 4) is 17.1 Å². The average molecular weight is 368 g/mol. The highest BCUT2D eigenvalue weighted by atomic mass is 32.2. The van der Waals surface area contributed by atoms with E-state index in [1.807, 2.05) is 0 Å². The maximum absolute atomic E-state index is 13.1. The van der Waals surface area contributed by atoms with Gasteiger partial charge in [-0.3, -0.25) is 9.55 Å². The molecule has 0 aliphatic rings. The number of para-hydroxylation sites is 1. The Hall–Kier alpha value is -2.72. The van der Waals surface area contributed by atoms with E-state index in [2.05, 4.69) is 9.97 Å². The van der Waals surface area contributed by atoms with Crippen LogP contribution in [0, 0.1) is 0 Å². The van der Waals surface area contributed by atoms with Gasteiger partial charge < -0.3 is 0 Å². The minimum absolute atomic E-state index is 0.0353. The van der Waals surface area contributed by atoms with Crippen molar-refractivity contribution in [3.05, 3.63) is 60.7 Å². The molecule has 3 rings (SSSR count). The van der Waals surface area contributed by atoms with Gasteiger partial charge in [0, 0.05) is 24.2 Å². The number of sulfonamides is 1. The van der Waals surface area contributed by atoms with Crippen LogP contribution in [0.5, 0.6) is 0 Å². The summed E-state index contributed by atoms with van der Waals surface area (Å²) in [6, 6.07) is 8.53. The van der Waals surface area contributed by atoms with Gasteiger partial charge in [0.25, 0.3) is 0 Å². The van der Waals surface area contributed by atoms with E-state index in [1.165, 1.54) is 48.8 Å². The first kappa shape index (κ1) is 17.1. The monoisotopic (exact) mass is 368 g/mol. The largest absolute Gasteiger partial charge is 0.434 e. The van der Waals surface area contributed by atoms with E-state index in [0.29, 0.717) is 5.56 Å². The molecule has 0 amide bonds. The Morgan fingerprint density at radius 2 is 1.80 bits per heavy atom. The predicted molar refractivity (Wildman–Crippen MR) is 83.2 cm³/mol. The summed E-state index contributed by atoms with van der Waals surface area (Å²) in [6.07, 6.45) is -1.18. The zero-order valence-electron chi connectivity index (χ0n) is 12.5. The van der Waals surface area contributed by atoms with Crippen molar-refractivity contribution in [3.63, 3.8) is 0 Å². The van der Waals surface area contributed by atoms with Crippen molar-refractivity contribution in [2.24, 2.45) is 5.14 Å². The molecule has 3 aromatic rings. The number of nitrogens with zero attached hydrogens (tertiary/aromatic N) is 3. The molecular weight excluding hydrogens is 357 g/mol. The summed E-state index contributed by atoms with van der Waals surface area (Å²) in [5.74, 6) is -0.100. The summed E-state index contributed by atoms with van der Waals surface area (Å²) < 4.78 is 64.0. The van der Waals surface area contributed by atoms with Crippen molar-refractivity contribution >= 4 is 10.0 Å². The maximum Gasteiger partial charge on any atom is 0.434 e. The highest BCUT2D eigenvalue weighted by Crippen LogP contribution is 2.33. The van der Waals surface area contributed by atoms with Gasteiger partial charge in [-0.25, -0.2) is 18.5 Å². The van der Waals surface area contributed by atoms with Crippen molar-refractivity contribution in [1.29, 1.82) is 0 Å². The van der Waals surface area contributed by atoms with E-state index in [-0.39, 0.29) is 16.4 Å². The van der Waals surface area contributed by atoms with Crippen molar-refractivity contribution in [2.75, 3.05) is 0 Å². The minimum atomic E-state index is -4.70. The second-order valence-electron chi connectivity index (χ2n) is 5.07. The van der Waals surface area contributed by atoms with Gasteiger partial charge in [0.05, 0.1) is 5.69 Å². The van der Waals surface area contributed by atoms with E-state index in [9.17, 15) is 21.6 Å². The number of hydrogen-bond donors (Lipinski definition) is 1. The number of aromatic nitrogens is 3. The number of pyridine rings is 1. The summed E-state index contributed by atoms with van der Waals surface area (Å²) >= 11 is 0. The van der Waals surface area contributed by atoms with E-state index in [4.69, 9.17) is 5.14 Å². The van der Waals surface area contributed by atoms with Crippen LogP contribution in [0.15, 0.2) is 59.9 Å². The van der Waals surface area contributed by atoms with Crippen LogP contribution in [0.25, 0.3) is 17.1 Å². The molecular formula is C15H11F3N4O2S. The summed E-state index contributed by atoms with van der Waals surface area (Å²) in [6.45, 7) is 0. The molecule has 1 aromatic carbocycles. The molecule has 6 nitrogen and oxygen atoms in total. The normalized spacial score (nSPS) is 12.3. The Balaban J connectivity index is 2.32. The standard InChI is InChI=1S/C15H11F3N4O2S/c16-15(17,18)13-9-22(14(21-13)10-4-3-7-20-8-10)11-5-1-2-6-12(11)25(19,23)24/h1-9H,(H2,19,23,24). The molecule has 2 heterocycles. The first-order chi connectivity index (χ1) is 11.7. The minimum Gasteiger partial charge on any atom is -0.298 e. The van der Waals surface area contributed by atoms with E-state index in [0.717, 1.165) is 10.8 Å². The average Bonchev–Trinajstić information content (AvgIpc) is 3.00. The van der Waals surface area contributed by atoms with Gasteiger partial charge >= 0.3 is 6.18 Å². The van der Waals surface area contributed by atoms with Crippen molar-refractivity contribution in [1.82, 2.24) is 14.5 Å². The molecule has 10 heteroatoms. The lowest BCUT2D eigenvalue weighted by molar-refractivity contribution is -0.140. The second kappa shape index (κ2) is 5.97. The second-order valence-corrected chi connectivity index (χ2v) is 6.60. The maximum atomic E-state index is 13.1. The summed E-state index contributed by atoms with van der Waals surface area (Å²) in [5, 5.41) is 5.18. The Morgan fingerprint density at radius 1 is 1.08 bits per heavy atom. The fraction of sp³-hybridized carbons (Fsp3) is 0.0667. The number of nitrogens with two attached hydrogens (primary N) is 1. The fourth-order valence-corrected chi connectivity index (χ4v) is 3.02. The molecule has 0 saturated carbocycles. The van der Waals surface area contributed by atoms with E-state index in [1.54, 1.807) is 0 Å². The number of primary sulfonamides is 1. The quantitative estimate of drug-likeness (QED) is 0.769. The van der Waals surface area contributed by atoms with Crippen molar-refractivity contribution in [2.45, 2.75) is 11.1 Å². The SMILES string of the molecule is NS(=O)(=O)c1ccccc1-n1cc(C(F)(F)F)nc1-c1cccnc1. The molecule has 130 valence electrons. The lowest BCUT2D eigenvalue weighted by Crippen LogP contribution is -2.15. The van der Waals surface area contributed by atoms with Gasteiger partial charge in [-0.05, 0) is 24.3 Å². The molecule has 0 spiro atoms. The zero-order chi connectivity index (χ0) is 18.2. The number of rotatable bonds is 3. The molecule has 0 aliphatic carbocycles. The van der Waals surface area contributed by atoms with Gasteiger partial charge in [-0.1, -0.05) is 12.1 Å². The Morgan fingerprint density at radius 3 is 2.40 bits per heavy atom. The number of alkyl halides is 3. The number of halogens is 3. The third-order valence-corrected chi connectivity index (χ3v) is 4.31. The van der Waals surface area contributed by atoms with E-state index >= 15 is 0 Å². The van der Waals surface area contributed by atoms with Crippen LogP contribution < -0.4 is 5.14 Å². The van der Waals surface area contributed by atoms with Crippen LogP contribution in [-0.4, -0.2) is 23.0 Å². The molecule has 0 bridgehead atoms. The smallest absolute Gasteiger partial charge is 0.298 e. The zero-order valence-corrected chi connectivity index (χ0v) is 13.3. The molecule has 0 unspecified atom stereocenters. The van der Waals surface area contributed by atoms with Crippen LogP contribution in [0.2, 0.25) is 0 Å². The highest BCUT2D eigenvalue weighted by Gasteiger charge is 2.35. The molecule has 2 N–H and O–H groups in total.